The Morgan fingerprint density at radius 2 is 2.23 bits per heavy atom. The van der Waals surface area contributed by atoms with Crippen LogP contribution in [-0.4, -0.2) is 15.3 Å². The summed E-state index contributed by atoms with van der Waals surface area (Å²) >= 11 is 0. The third-order valence-corrected chi connectivity index (χ3v) is 1.74. The highest BCUT2D eigenvalue weighted by atomic mass is 16.4. The van der Waals surface area contributed by atoms with Crippen LogP contribution in [0.1, 0.15) is 17.4 Å². The van der Waals surface area contributed by atoms with Gasteiger partial charge in [0.05, 0.1) is 12.5 Å². The van der Waals surface area contributed by atoms with E-state index in [9.17, 15) is 5.11 Å². The number of aliphatic hydroxyl groups is 1. The van der Waals surface area contributed by atoms with Crippen molar-refractivity contribution in [1.82, 2.24) is 10.2 Å². The number of aliphatic hydroxyl groups excluding tert-OH is 1. The lowest BCUT2D eigenvalue weighted by Gasteiger charge is -2.05. The monoisotopic (exact) mass is 176 g/mol. The Labute approximate surface area is 74.8 Å². The van der Waals surface area contributed by atoms with Gasteiger partial charge >= 0.3 is 0 Å². The molecule has 0 aromatic carbocycles. The van der Waals surface area contributed by atoms with E-state index in [0.29, 0.717) is 11.3 Å². The van der Waals surface area contributed by atoms with Gasteiger partial charge in [0.25, 0.3) is 0 Å². The van der Waals surface area contributed by atoms with Crippen LogP contribution in [0, 0.1) is 0 Å². The summed E-state index contributed by atoms with van der Waals surface area (Å²) in [6.07, 6.45) is 3.80. The average molecular weight is 176 g/mol. The number of nitrogens with zero attached hydrogens (tertiary/aromatic N) is 2. The van der Waals surface area contributed by atoms with E-state index in [-0.39, 0.29) is 0 Å². The summed E-state index contributed by atoms with van der Waals surface area (Å²) in [4.78, 5) is 0. The fourth-order valence-electron chi connectivity index (χ4n) is 1.07. The van der Waals surface area contributed by atoms with Crippen molar-refractivity contribution in [3.8, 4) is 0 Å². The maximum Gasteiger partial charge on any atom is 0.138 e. The molecule has 0 radical (unpaired) electrons. The predicted molar refractivity (Wildman–Crippen MR) is 44.8 cm³/mol. The zero-order valence-electron chi connectivity index (χ0n) is 6.79. The summed E-state index contributed by atoms with van der Waals surface area (Å²) in [7, 11) is 0. The molecule has 0 aliphatic rings. The molecule has 0 amide bonds. The Kier molecular flexibility index (Phi) is 2.06. The molecule has 66 valence electrons. The summed E-state index contributed by atoms with van der Waals surface area (Å²) in [6.45, 7) is 0. The lowest BCUT2D eigenvalue weighted by atomic mass is 10.1. The van der Waals surface area contributed by atoms with Crippen molar-refractivity contribution in [2.75, 3.05) is 0 Å². The van der Waals surface area contributed by atoms with Crippen LogP contribution in [0.25, 0.3) is 0 Å². The zero-order chi connectivity index (χ0) is 9.10. The van der Waals surface area contributed by atoms with Gasteiger partial charge < -0.3 is 9.52 Å². The Bertz CT molecular complexity index is 358. The molecular weight excluding hydrogens is 168 g/mol. The van der Waals surface area contributed by atoms with Crippen molar-refractivity contribution >= 4 is 0 Å². The van der Waals surface area contributed by atoms with E-state index < -0.39 is 6.10 Å². The lowest BCUT2D eigenvalue weighted by molar-refractivity contribution is 0.189. The molecule has 0 aliphatic carbocycles. The molecule has 1 unspecified atom stereocenters. The van der Waals surface area contributed by atoms with E-state index in [1.54, 1.807) is 18.2 Å². The number of rotatable bonds is 2. The van der Waals surface area contributed by atoms with Crippen molar-refractivity contribution < 1.29 is 9.52 Å². The summed E-state index contributed by atoms with van der Waals surface area (Å²) in [5, 5.41) is 17.0. The van der Waals surface area contributed by atoms with Crippen LogP contribution in [0.5, 0.6) is 0 Å². The smallest absolute Gasteiger partial charge is 0.138 e. The molecule has 1 atom stereocenters. The Morgan fingerprint density at radius 3 is 2.85 bits per heavy atom. The second kappa shape index (κ2) is 3.37. The molecule has 4 nitrogen and oxygen atoms in total. The quantitative estimate of drug-likeness (QED) is 0.745. The number of hydrogen-bond donors (Lipinski definition) is 1. The number of furan rings is 1. The molecule has 13 heavy (non-hydrogen) atoms. The normalized spacial score (nSPS) is 12.7. The minimum atomic E-state index is -0.759. The Hall–Kier alpha value is -1.68. The summed E-state index contributed by atoms with van der Waals surface area (Å²) in [5.74, 6) is 0.507. The van der Waals surface area contributed by atoms with Gasteiger partial charge in [-0.3, -0.25) is 0 Å². The first kappa shape index (κ1) is 7.94. The third-order valence-electron chi connectivity index (χ3n) is 1.74. The minimum absolute atomic E-state index is 0.507. The molecule has 4 heteroatoms. The van der Waals surface area contributed by atoms with E-state index in [1.165, 1.54) is 18.7 Å². The van der Waals surface area contributed by atoms with Gasteiger partial charge in [-0.05, 0) is 18.2 Å². The number of hydrogen-bond acceptors (Lipinski definition) is 4. The van der Waals surface area contributed by atoms with E-state index in [1.807, 2.05) is 0 Å². The molecule has 2 aromatic heterocycles. The van der Waals surface area contributed by atoms with Crippen LogP contribution >= 0.6 is 0 Å². The topological polar surface area (TPSA) is 59.2 Å². The third kappa shape index (κ3) is 1.57. The van der Waals surface area contributed by atoms with Gasteiger partial charge in [0.15, 0.2) is 0 Å². The molecule has 0 bridgehead atoms. The summed E-state index contributed by atoms with van der Waals surface area (Å²) < 4.78 is 5.05. The summed E-state index contributed by atoms with van der Waals surface area (Å²) in [6, 6.07) is 5.14. The van der Waals surface area contributed by atoms with Gasteiger partial charge in [0.2, 0.25) is 0 Å². The van der Waals surface area contributed by atoms with E-state index in [2.05, 4.69) is 10.2 Å². The fraction of sp³-hybridized carbons (Fsp3) is 0.111. The SMILES string of the molecule is OC(c1ccnnc1)c1ccco1. The molecule has 0 saturated carbocycles. The highest BCUT2D eigenvalue weighted by Gasteiger charge is 2.12. The average Bonchev–Trinajstić information content (AvgIpc) is 2.71. The largest absolute Gasteiger partial charge is 0.466 e. The second-order valence-electron chi connectivity index (χ2n) is 2.59. The van der Waals surface area contributed by atoms with Crippen molar-refractivity contribution in [2.45, 2.75) is 6.10 Å². The molecule has 2 aromatic rings. The van der Waals surface area contributed by atoms with Gasteiger partial charge in [0, 0.05) is 11.8 Å². The van der Waals surface area contributed by atoms with E-state index >= 15 is 0 Å². The molecule has 2 heterocycles. The lowest BCUT2D eigenvalue weighted by Crippen LogP contribution is -1.98. The number of aromatic nitrogens is 2. The van der Waals surface area contributed by atoms with Crippen molar-refractivity contribution in [2.24, 2.45) is 0 Å². The molecule has 2 rings (SSSR count). The molecule has 0 fully saturated rings. The Morgan fingerprint density at radius 1 is 1.31 bits per heavy atom. The highest BCUT2D eigenvalue weighted by Crippen LogP contribution is 2.20. The van der Waals surface area contributed by atoms with Crippen molar-refractivity contribution in [1.29, 1.82) is 0 Å². The maximum atomic E-state index is 9.72. The first-order valence-electron chi connectivity index (χ1n) is 3.86. The highest BCUT2D eigenvalue weighted by molar-refractivity contribution is 5.19. The van der Waals surface area contributed by atoms with Gasteiger partial charge in [-0.1, -0.05) is 0 Å². The molecule has 0 aliphatic heterocycles. The zero-order valence-corrected chi connectivity index (χ0v) is 6.79. The van der Waals surface area contributed by atoms with Gasteiger partial charge in [0.1, 0.15) is 11.9 Å². The molecule has 1 N–H and O–H groups in total. The molecular formula is C9H8N2O2. The van der Waals surface area contributed by atoms with Crippen molar-refractivity contribution in [3.05, 3.63) is 48.2 Å². The van der Waals surface area contributed by atoms with Crippen LogP contribution in [0.4, 0.5) is 0 Å². The summed E-state index contributed by atoms with van der Waals surface area (Å²) in [5.41, 5.74) is 0.671. The van der Waals surface area contributed by atoms with Gasteiger partial charge in [-0.2, -0.15) is 10.2 Å². The standard InChI is InChI=1S/C9H8N2O2/c12-9(8-2-1-5-13-8)7-3-4-10-11-6-7/h1-6,9,12H. The maximum absolute atomic E-state index is 9.72. The van der Waals surface area contributed by atoms with Gasteiger partial charge in [-0.25, -0.2) is 0 Å². The van der Waals surface area contributed by atoms with Crippen LogP contribution in [-0.2, 0) is 0 Å². The van der Waals surface area contributed by atoms with Crippen LogP contribution in [0.15, 0.2) is 41.3 Å². The van der Waals surface area contributed by atoms with Crippen LogP contribution in [0.3, 0.4) is 0 Å². The predicted octanol–water partition coefficient (Wildman–Crippen LogP) is 1.15. The second-order valence-corrected chi connectivity index (χ2v) is 2.59. The van der Waals surface area contributed by atoms with E-state index in [0.717, 1.165) is 0 Å². The molecule has 0 spiro atoms. The van der Waals surface area contributed by atoms with Crippen LogP contribution in [0.2, 0.25) is 0 Å². The van der Waals surface area contributed by atoms with Crippen molar-refractivity contribution in [3.63, 3.8) is 0 Å². The fourth-order valence-corrected chi connectivity index (χ4v) is 1.07. The Balaban J connectivity index is 2.29. The first-order valence-corrected chi connectivity index (χ1v) is 3.86. The van der Waals surface area contributed by atoms with Crippen LogP contribution < -0.4 is 0 Å². The minimum Gasteiger partial charge on any atom is -0.466 e. The first-order chi connectivity index (χ1) is 6.38. The van der Waals surface area contributed by atoms with E-state index in [4.69, 9.17) is 4.42 Å². The van der Waals surface area contributed by atoms with Gasteiger partial charge in [-0.15, -0.1) is 0 Å². The molecule has 0 saturated heterocycles.